The molecule has 2 rings (SSSR count). The summed E-state index contributed by atoms with van der Waals surface area (Å²) >= 11 is 0. The molecule has 1 fully saturated rings. The van der Waals surface area contributed by atoms with E-state index in [0.717, 1.165) is 37.2 Å². The van der Waals surface area contributed by atoms with Gasteiger partial charge in [-0.3, -0.25) is 4.79 Å². The lowest BCUT2D eigenvalue weighted by molar-refractivity contribution is -0.121. The smallest absolute Gasteiger partial charge is 0.244 e. The summed E-state index contributed by atoms with van der Waals surface area (Å²) in [6.07, 6.45) is 1.97. The van der Waals surface area contributed by atoms with Crippen LogP contribution in [0.3, 0.4) is 0 Å². The molecule has 104 valence electrons. The monoisotopic (exact) mass is 262 g/mol. The third-order valence-corrected chi connectivity index (χ3v) is 3.42. The topological polar surface area (TPSA) is 41.6 Å². The van der Waals surface area contributed by atoms with E-state index in [1.165, 1.54) is 0 Å². The van der Waals surface area contributed by atoms with Crippen molar-refractivity contribution >= 4 is 11.6 Å². The molecule has 0 spiro atoms. The van der Waals surface area contributed by atoms with Crippen molar-refractivity contribution in [1.29, 1.82) is 0 Å². The molecule has 1 N–H and O–H groups in total. The van der Waals surface area contributed by atoms with Crippen molar-refractivity contribution < 1.29 is 9.53 Å². The van der Waals surface area contributed by atoms with Crippen molar-refractivity contribution in [3.05, 3.63) is 29.8 Å². The predicted octanol–water partition coefficient (Wildman–Crippen LogP) is 1.94. The Bertz CT molecular complexity index is 432. The molecule has 1 aromatic rings. The Morgan fingerprint density at radius 2 is 2.32 bits per heavy atom. The van der Waals surface area contributed by atoms with Crippen molar-refractivity contribution in [2.75, 3.05) is 25.1 Å². The van der Waals surface area contributed by atoms with E-state index in [1.807, 2.05) is 36.1 Å². The third-order valence-electron chi connectivity index (χ3n) is 3.42. The minimum Gasteiger partial charge on any atom is -0.380 e. The summed E-state index contributed by atoms with van der Waals surface area (Å²) in [5.74, 6) is 0.183. The van der Waals surface area contributed by atoms with E-state index in [9.17, 15) is 4.79 Å². The number of nitrogens with zero attached hydrogens (tertiary/aromatic N) is 1. The van der Waals surface area contributed by atoms with Crippen LogP contribution in [0, 0.1) is 0 Å². The molecule has 1 saturated heterocycles. The predicted molar refractivity (Wildman–Crippen MR) is 76.2 cm³/mol. The molecule has 0 aliphatic carbocycles. The summed E-state index contributed by atoms with van der Waals surface area (Å²) < 4.78 is 5.14. The van der Waals surface area contributed by atoms with Gasteiger partial charge in [-0.1, -0.05) is 19.1 Å². The van der Waals surface area contributed by atoms with E-state index in [0.29, 0.717) is 6.61 Å². The fourth-order valence-corrected chi connectivity index (χ4v) is 2.55. The summed E-state index contributed by atoms with van der Waals surface area (Å²) in [4.78, 5) is 14.3. The van der Waals surface area contributed by atoms with Crippen molar-refractivity contribution in [3.63, 3.8) is 0 Å². The molecular weight excluding hydrogens is 240 g/mol. The zero-order valence-corrected chi connectivity index (χ0v) is 11.7. The van der Waals surface area contributed by atoms with Crippen LogP contribution in [-0.2, 0) is 16.1 Å². The van der Waals surface area contributed by atoms with Gasteiger partial charge in [0.1, 0.15) is 0 Å². The van der Waals surface area contributed by atoms with Gasteiger partial charge in [-0.25, -0.2) is 0 Å². The van der Waals surface area contributed by atoms with E-state index in [-0.39, 0.29) is 11.9 Å². The summed E-state index contributed by atoms with van der Waals surface area (Å²) in [6.45, 7) is 4.24. The molecule has 1 aromatic carbocycles. The fraction of sp³-hybridized carbons (Fsp3) is 0.533. The van der Waals surface area contributed by atoms with Gasteiger partial charge in [-0.15, -0.1) is 0 Å². The molecule has 0 saturated carbocycles. The zero-order chi connectivity index (χ0) is 13.7. The summed E-state index contributed by atoms with van der Waals surface area (Å²) in [7, 11) is 1.68. The highest BCUT2D eigenvalue weighted by atomic mass is 16.5. The van der Waals surface area contributed by atoms with Crippen LogP contribution in [0.5, 0.6) is 0 Å². The fourth-order valence-electron chi connectivity index (χ4n) is 2.55. The normalized spacial score (nSPS) is 19.8. The first-order valence-electron chi connectivity index (χ1n) is 6.89. The number of likely N-dealkylation sites (N-methyl/N-ethyl adjacent to an activating group) is 1. The largest absolute Gasteiger partial charge is 0.380 e. The number of carbonyl (C=O) groups excluding carboxylic acids is 1. The van der Waals surface area contributed by atoms with E-state index in [1.54, 1.807) is 7.11 Å². The van der Waals surface area contributed by atoms with Gasteiger partial charge < -0.3 is 15.0 Å². The van der Waals surface area contributed by atoms with Crippen LogP contribution in [0.15, 0.2) is 24.3 Å². The average molecular weight is 262 g/mol. The van der Waals surface area contributed by atoms with Crippen LogP contribution in [0.25, 0.3) is 0 Å². The van der Waals surface area contributed by atoms with Crippen LogP contribution in [0.1, 0.15) is 25.3 Å². The molecule has 0 bridgehead atoms. The highest BCUT2D eigenvalue weighted by Crippen LogP contribution is 2.22. The molecule has 1 aliphatic heterocycles. The van der Waals surface area contributed by atoms with Gasteiger partial charge in [0.05, 0.1) is 12.6 Å². The van der Waals surface area contributed by atoms with Crippen molar-refractivity contribution in [2.45, 2.75) is 32.4 Å². The Kier molecular flexibility index (Phi) is 4.93. The molecule has 0 radical (unpaired) electrons. The number of methoxy groups -OCH3 is 1. The number of carbonyl (C=O) groups is 1. The second-order valence-electron chi connectivity index (χ2n) is 4.85. The molecule has 4 heteroatoms. The van der Waals surface area contributed by atoms with Crippen LogP contribution in [0.4, 0.5) is 5.69 Å². The first-order chi connectivity index (χ1) is 9.26. The Hall–Kier alpha value is -1.39. The molecule has 1 atom stereocenters. The lowest BCUT2D eigenvalue weighted by Crippen LogP contribution is -2.50. The second kappa shape index (κ2) is 6.68. The molecule has 1 unspecified atom stereocenters. The second-order valence-corrected chi connectivity index (χ2v) is 4.85. The number of nitrogens with one attached hydrogen (secondary N) is 1. The maximum atomic E-state index is 12.4. The van der Waals surface area contributed by atoms with Crippen LogP contribution in [-0.4, -0.2) is 32.1 Å². The van der Waals surface area contributed by atoms with Gasteiger partial charge in [-0.05, 0) is 37.1 Å². The molecule has 0 aromatic heterocycles. The SMILES string of the molecule is CCNC1CCCN(c2cccc(COC)c2)C1=O. The van der Waals surface area contributed by atoms with Crippen LogP contribution in [0.2, 0.25) is 0 Å². The highest BCUT2D eigenvalue weighted by Gasteiger charge is 2.28. The lowest BCUT2D eigenvalue weighted by atomic mass is 10.0. The minimum absolute atomic E-state index is 0.0372. The standard InChI is InChI=1S/C15H22N2O2/c1-3-16-14-8-5-9-17(15(14)18)13-7-4-6-12(10-13)11-19-2/h4,6-7,10,14,16H,3,5,8-9,11H2,1-2H3. The number of hydrogen-bond acceptors (Lipinski definition) is 3. The maximum absolute atomic E-state index is 12.4. The first kappa shape index (κ1) is 14.0. The third kappa shape index (κ3) is 3.33. The van der Waals surface area contributed by atoms with Gasteiger partial charge in [-0.2, -0.15) is 0 Å². The Labute approximate surface area is 114 Å². The average Bonchev–Trinajstić information content (AvgIpc) is 2.42. The molecule has 1 heterocycles. The molecule has 19 heavy (non-hydrogen) atoms. The lowest BCUT2D eigenvalue weighted by Gasteiger charge is -2.32. The molecular formula is C15H22N2O2. The van der Waals surface area contributed by atoms with Crippen LogP contribution < -0.4 is 10.2 Å². The number of hydrogen-bond donors (Lipinski definition) is 1. The highest BCUT2D eigenvalue weighted by molar-refractivity contribution is 5.98. The van der Waals surface area contributed by atoms with Gasteiger partial charge in [0.2, 0.25) is 5.91 Å². The number of benzene rings is 1. The number of ether oxygens (including phenoxy) is 1. The summed E-state index contributed by atoms with van der Waals surface area (Å²) in [5, 5.41) is 3.26. The van der Waals surface area contributed by atoms with Gasteiger partial charge in [0.25, 0.3) is 0 Å². The van der Waals surface area contributed by atoms with Crippen molar-refractivity contribution in [2.24, 2.45) is 0 Å². The summed E-state index contributed by atoms with van der Waals surface area (Å²) in [5.41, 5.74) is 2.07. The van der Waals surface area contributed by atoms with E-state index in [2.05, 4.69) is 5.32 Å². The number of rotatable bonds is 5. The molecule has 1 aliphatic rings. The molecule has 1 amide bonds. The van der Waals surface area contributed by atoms with E-state index in [4.69, 9.17) is 4.74 Å². The summed E-state index contributed by atoms with van der Waals surface area (Å²) in [6, 6.07) is 7.99. The van der Waals surface area contributed by atoms with Gasteiger partial charge in [0, 0.05) is 19.3 Å². The number of anilines is 1. The van der Waals surface area contributed by atoms with E-state index < -0.39 is 0 Å². The Morgan fingerprint density at radius 1 is 1.47 bits per heavy atom. The van der Waals surface area contributed by atoms with Gasteiger partial charge in [0.15, 0.2) is 0 Å². The van der Waals surface area contributed by atoms with E-state index >= 15 is 0 Å². The number of piperidine rings is 1. The van der Waals surface area contributed by atoms with Crippen molar-refractivity contribution in [1.82, 2.24) is 5.32 Å². The Morgan fingerprint density at radius 3 is 3.05 bits per heavy atom. The first-order valence-corrected chi connectivity index (χ1v) is 6.89. The maximum Gasteiger partial charge on any atom is 0.244 e. The number of amides is 1. The minimum atomic E-state index is -0.0372. The Balaban J connectivity index is 2.15. The van der Waals surface area contributed by atoms with Crippen molar-refractivity contribution in [3.8, 4) is 0 Å². The van der Waals surface area contributed by atoms with Crippen LogP contribution >= 0.6 is 0 Å². The quantitative estimate of drug-likeness (QED) is 0.881. The zero-order valence-electron chi connectivity index (χ0n) is 11.7. The van der Waals surface area contributed by atoms with Gasteiger partial charge >= 0.3 is 0 Å². The molecule has 4 nitrogen and oxygen atoms in total.